The molecule has 0 aliphatic carbocycles. The molecule has 0 heterocycles. The van der Waals surface area contributed by atoms with Crippen LogP contribution in [0.1, 0.15) is 17.5 Å². The highest BCUT2D eigenvalue weighted by Gasteiger charge is 2.12. The van der Waals surface area contributed by atoms with Crippen LogP contribution in [0.15, 0.2) is 78.9 Å². The molecule has 0 radical (unpaired) electrons. The smallest absolute Gasteiger partial charge is 0.226 e. The van der Waals surface area contributed by atoms with Gasteiger partial charge in [0.05, 0.1) is 18.4 Å². The summed E-state index contributed by atoms with van der Waals surface area (Å²) in [6.45, 7) is 1.23. The molecule has 3 rings (SSSR count). The monoisotopic (exact) mass is 385 g/mol. The molecule has 0 aliphatic heterocycles. The Balaban J connectivity index is 1.70. The largest absolute Gasteiger partial charge is 0.497 e. The zero-order valence-corrected chi connectivity index (χ0v) is 16.3. The lowest BCUT2D eigenvalue weighted by Crippen LogP contribution is -2.27. The Labute approximate surface area is 171 Å². The first-order valence-corrected chi connectivity index (χ1v) is 9.41. The van der Waals surface area contributed by atoms with Crippen LogP contribution in [0.2, 0.25) is 0 Å². The molecule has 3 aromatic rings. The molecule has 5 nitrogen and oxygen atoms in total. The predicted octanol–water partition coefficient (Wildman–Crippen LogP) is 4.60. The number of methoxy groups -OCH3 is 1. The van der Waals surface area contributed by atoms with E-state index in [1.54, 1.807) is 31.4 Å². The molecular weight excluding hydrogens is 362 g/mol. The van der Waals surface area contributed by atoms with Crippen molar-refractivity contribution in [1.82, 2.24) is 0 Å². The quantitative estimate of drug-likeness (QED) is 0.615. The van der Waals surface area contributed by atoms with Crippen LogP contribution in [0.5, 0.6) is 5.75 Å². The van der Waals surface area contributed by atoms with Crippen LogP contribution in [0, 0.1) is 11.3 Å². The molecular formula is C24H23N3O2. The Bertz CT molecular complexity index is 979. The van der Waals surface area contributed by atoms with Gasteiger partial charge in [0, 0.05) is 25.2 Å². The normalized spacial score (nSPS) is 10.1. The molecule has 29 heavy (non-hydrogen) atoms. The summed E-state index contributed by atoms with van der Waals surface area (Å²) in [6.07, 6.45) is 0.304. The van der Waals surface area contributed by atoms with E-state index in [-0.39, 0.29) is 5.91 Å². The van der Waals surface area contributed by atoms with E-state index in [9.17, 15) is 10.1 Å². The molecule has 1 amide bonds. The molecule has 146 valence electrons. The van der Waals surface area contributed by atoms with Crippen LogP contribution in [0.25, 0.3) is 0 Å². The van der Waals surface area contributed by atoms with E-state index in [4.69, 9.17) is 4.74 Å². The van der Waals surface area contributed by atoms with Crippen molar-refractivity contribution in [3.63, 3.8) is 0 Å². The second-order valence-corrected chi connectivity index (χ2v) is 6.56. The van der Waals surface area contributed by atoms with Gasteiger partial charge in [-0.3, -0.25) is 4.79 Å². The molecule has 0 unspecified atom stereocenters. The van der Waals surface area contributed by atoms with Gasteiger partial charge >= 0.3 is 0 Å². The molecule has 0 aromatic heterocycles. The van der Waals surface area contributed by atoms with Gasteiger partial charge in [0.25, 0.3) is 0 Å². The number of amides is 1. The topological polar surface area (TPSA) is 65.4 Å². The fourth-order valence-corrected chi connectivity index (χ4v) is 3.04. The fraction of sp³-hybridized carbons (Fsp3) is 0.167. The van der Waals surface area contributed by atoms with Crippen molar-refractivity contribution < 1.29 is 9.53 Å². The minimum Gasteiger partial charge on any atom is -0.497 e. The number of nitriles is 1. The molecule has 5 heteroatoms. The fourth-order valence-electron chi connectivity index (χ4n) is 3.04. The lowest BCUT2D eigenvalue weighted by atomic mass is 10.1. The van der Waals surface area contributed by atoms with E-state index in [1.165, 1.54) is 5.56 Å². The third-order valence-electron chi connectivity index (χ3n) is 4.58. The molecule has 0 spiro atoms. The van der Waals surface area contributed by atoms with Crippen LogP contribution in [-0.4, -0.2) is 19.6 Å². The second-order valence-electron chi connectivity index (χ2n) is 6.56. The maximum Gasteiger partial charge on any atom is 0.226 e. The minimum absolute atomic E-state index is 0.126. The van der Waals surface area contributed by atoms with Gasteiger partial charge in [-0.05, 0) is 42.0 Å². The zero-order valence-electron chi connectivity index (χ0n) is 16.3. The Morgan fingerprint density at radius 1 is 1.00 bits per heavy atom. The van der Waals surface area contributed by atoms with E-state index < -0.39 is 0 Å². The van der Waals surface area contributed by atoms with Crippen LogP contribution in [0.4, 0.5) is 11.4 Å². The highest BCUT2D eigenvalue weighted by atomic mass is 16.5. The summed E-state index contributed by atoms with van der Waals surface area (Å²) >= 11 is 0. The second kappa shape index (κ2) is 9.95. The molecule has 0 aliphatic rings. The first kappa shape index (κ1) is 20.0. The summed E-state index contributed by atoms with van der Waals surface area (Å²) in [6, 6.07) is 27.1. The lowest BCUT2D eigenvalue weighted by molar-refractivity contribution is -0.116. The standard InChI is InChI=1S/C24H23N3O2/c1-29-22-13-11-21(12-14-22)27(18-19-7-3-2-4-8-19)16-15-24(28)26-23-10-6-5-9-20(23)17-25/h2-14H,15-16,18H2,1H3,(H,26,28). The Hall–Kier alpha value is -3.78. The molecule has 3 aromatic carbocycles. The van der Waals surface area contributed by atoms with Crippen molar-refractivity contribution in [3.8, 4) is 11.8 Å². The van der Waals surface area contributed by atoms with Crippen LogP contribution in [-0.2, 0) is 11.3 Å². The molecule has 0 saturated heterocycles. The van der Waals surface area contributed by atoms with Crippen molar-refractivity contribution >= 4 is 17.3 Å². The number of para-hydroxylation sites is 1. The van der Waals surface area contributed by atoms with Crippen LogP contribution in [0.3, 0.4) is 0 Å². The molecule has 0 bridgehead atoms. The maximum atomic E-state index is 12.5. The van der Waals surface area contributed by atoms with Gasteiger partial charge in [0.1, 0.15) is 11.8 Å². The zero-order chi connectivity index (χ0) is 20.5. The third-order valence-corrected chi connectivity index (χ3v) is 4.58. The number of carbonyl (C=O) groups is 1. The first-order valence-electron chi connectivity index (χ1n) is 9.41. The number of rotatable bonds is 8. The van der Waals surface area contributed by atoms with Gasteiger partial charge in [-0.25, -0.2) is 0 Å². The predicted molar refractivity (Wildman–Crippen MR) is 115 cm³/mol. The first-order chi connectivity index (χ1) is 14.2. The summed E-state index contributed by atoms with van der Waals surface area (Å²) in [5.41, 5.74) is 3.18. The van der Waals surface area contributed by atoms with Crippen molar-refractivity contribution in [2.45, 2.75) is 13.0 Å². The van der Waals surface area contributed by atoms with Crippen LogP contribution < -0.4 is 15.0 Å². The average Bonchev–Trinajstić information content (AvgIpc) is 2.78. The van der Waals surface area contributed by atoms with Crippen molar-refractivity contribution in [2.24, 2.45) is 0 Å². The van der Waals surface area contributed by atoms with Gasteiger partial charge in [0.2, 0.25) is 5.91 Å². The average molecular weight is 385 g/mol. The van der Waals surface area contributed by atoms with Gasteiger partial charge < -0.3 is 15.0 Å². The number of nitrogens with zero attached hydrogens (tertiary/aromatic N) is 2. The van der Waals surface area contributed by atoms with Crippen molar-refractivity contribution in [3.05, 3.63) is 90.0 Å². The number of benzene rings is 3. The van der Waals surface area contributed by atoms with Gasteiger partial charge in [-0.1, -0.05) is 42.5 Å². The number of carbonyl (C=O) groups excluding carboxylic acids is 1. The summed E-state index contributed by atoms with van der Waals surface area (Å²) in [5.74, 6) is 0.665. The molecule has 1 N–H and O–H groups in total. The van der Waals surface area contributed by atoms with E-state index in [0.717, 1.165) is 11.4 Å². The highest BCUT2D eigenvalue weighted by molar-refractivity contribution is 5.92. The third kappa shape index (κ3) is 5.60. The summed E-state index contributed by atoms with van der Waals surface area (Å²) < 4.78 is 5.24. The summed E-state index contributed by atoms with van der Waals surface area (Å²) in [7, 11) is 1.64. The number of hydrogen-bond acceptors (Lipinski definition) is 4. The van der Waals surface area contributed by atoms with Gasteiger partial charge in [0.15, 0.2) is 0 Å². The molecule has 0 fully saturated rings. The Morgan fingerprint density at radius 3 is 2.38 bits per heavy atom. The SMILES string of the molecule is COc1ccc(N(CCC(=O)Nc2ccccc2C#N)Cc2ccccc2)cc1. The summed E-state index contributed by atoms with van der Waals surface area (Å²) in [4.78, 5) is 14.7. The Morgan fingerprint density at radius 2 is 1.69 bits per heavy atom. The van der Waals surface area contributed by atoms with E-state index >= 15 is 0 Å². The van der Waals surface area contributed by atoms with E-state index in [0.29, 0.717) is 30.8 Å². The van der Waals surface area contributed by atoms with E-state index in [2.05, 4.69) is 28.4 Å². The Kier molecular flexibility index (Phi) is 6.85. The molecule has 0 saturated carbocycles. The summed E-state index contributed by atoms with van der Waals surface area (Å²) in [5, 5.41) is 12.0. The number of hydrogen-bond donors (Lipinski definition) is 1. The number of anilines is 2. The maximum absolute atomic E-state index is 12.5. The van der Waals surface area contributed by atoms with Gasteiger partial charge in [-0.15, -0.1) is 0 Å². The van der Waals surface area contributed by atoms with E-state index in [1.807, 2.05) is 42.5 Å². The van der Waals surface area contributed by atoms with Gasteiger partial charge in [-0.2, -0.15) is 5.26 Å². The lowest BCUT2D eigenvalue weighted by Gasteiger charge is -2.25. The molecule has 0 atom stereocenters. The number of ether oxygens (including phenoxy) is 1. The van der Waals surface area contributed by atoms with Crippen LogP contribution >= 0.6 is 0 Å². The highest BCUT2D eigenvalue weighted by Crippen LogP contribution is 2.22. The minimum atomic E-state index is -0.126. The number of nitrogens with one attached hydrogen (secondary N) is 1. The van der Waals surface area contributed by atoms with Crippen molar-refractivity contribution in [1.29, 1.82) is 5.26 Å². The van der Waals surface area contributed by atoms with Crippen molar-refractivity contribution in [2.75, 3.05) is 23.9 Å².